The van der Waals surface area contributed by atoms with Crippen LogP contribution in [0.3, 0.4) is 0 Å². The summed E-state index contributed by atoms with van der Waals surface area (Å²) >= 11 is 0. The first-order chi connectivity index (χ1) is 19.8. The van der Waals surface area contributed by atoms with Gasteiger partial charge < -0.3 is 19.9 Å². The quantitative estimate of drug-likeness (QED) is 0.408. The normalized spacial score (nSPS) is 18.3. The van der Waals surface area contributed by atoms with Crippen molar-refractivity contribution in [2.45, 2.75) is 52.1 Å². The molecule has 2 atom stereocenters. The van der Waals surface area contributed by atoms with Gasteiger partial charge in [-0.2, -0.15) is 0 Å². The zero-order valence-corrected chi connectivity index (χ0v) is 24.7. The number of nitrogens with one attached hydrogen (secondary N) is 1. The molecule has 1 N–H and O–H groups in total. The maximum atomic E-state index is 14.0. The number of benzene rings is 3. The van der Waals surface area contributed by atoms with Crippen molar-refractivity contribution in [2.24, 2.45) is 0 Å². The second-order valence-electron chi connectivity index (χ2n) is 11.5. The highest BCUT2D eigenvalue weighted by Gasteiger charge is 2.39. The smallest absolute Gasteiger partial charge is 0.251 e. The number of ether oxygens (including phenoxy) is 1. The molecule has 2 aliphatic rings. The first kappa shape index (κ1) is 28.6. The van der Waals surface area contributed by atoms with E-state index in [1.807, 2.05) is 35.0 Å². The summed E-state index contributed by atoms with van der Waals surface area (Å²) in [7, 11) is 1.88. The van der Waals surface area contributed by atoms with Crippen molar-refractivity contribution >= 4 is 17.4 Å². The summed E-state index contributed by atoms with van der Waals surface area (Å²) in [5, 5.41) is 3.64. The van der Waals surface area contributed by atoms with Crippen LogP contribution in [0.1, 0.15) is 41.2 Å². The van der Waals surface area contributed by atoms with Crippen LogP contribution >= 0.6 is 0 Å². The Morgan fingerprint density at radius 3 is 2.29 bits per heavy atom. The van der Waals surface area contributed by atoms with Gasteiger partial charge in [0.2, 0.25) is 5.91 Å². The van der Waals surface area contributed by atoms with Crippen LogP contribution in [-0.4, -0.2) is 67.0 Å². The molecule has 1 unspecified atom stereocenters. The average Bonchev–Trinajstić information content (AvgIpc) is 2.95. The SMILES string of the molecule is CC(=O)N1CC2CC(c3ccc(CCOc4cc(C)cc(C)c4)cc3)=C(C(=O)N(C)CCc3ccccc3)[C@@H](C1)N2. The predicted molar refractivity (Wildman–Crippen MR) is 164 cm³/mol. The number of hydrogen-bond donors (Lipinski definition) is 1. The minimum absolute atomic E-state index is 0.0307. The van der Waals surface area contributed by atoms with Crippen molar-refractivity contribution < 1.29 is 14.3 Å². The summed E-state index contributed by atoms with van der Waals surface area (Å²) in [5.41, 5.74) is 7.77. The highest BCUT2D eigenvalue weighted by molar-refractivity contribution is 6.03. The van der Waals surface area contributed by atoms with E-state index in [2.05, 4.69) is 73.8 Å². The molecular formula is C35H41N3O3. The molecule has 0 radical (unpaired) electrons. The Balaban J connectivity index is 1.34. The lowest BCUT2D eigenvalue weighted by Gasteiger charge is -2.44. The van der Waals surface area contributed by atoms with Crippen molar-refractivity contribution in [3.8, 4) is 5.75 Å². The van der Waals surface area contributed by atoms with Crippen LogP contribution in [-0.2, 0) is 22.4 Å². The van der Waals surface area contributed by atoms with E-state index in [0.717, 1.165) is 35.3 Å². The van der Waals surface area contributed by atoms with Gasteiger partial charge in [0.25, 0.3) is 5.91 Å². The molecule has 1 fully saturated rings. The molecule has 3 aromatic carbocycles. The molecule has 41 heavy (non-hydrogen) atoms. The molecule has 0 spiro atoms. The van der Waals surface area contributed by atoms with E-state index in [9.17, 15) is 9.59 Å². The standard InChI is InChI=1S/C35H41N3O3/c1-24-18-25(2)20-31(19-24)41-17-15-28-10-12-29(13-11-28)32-21-30-22-38(26(3)39)23-33(36-30)34(32)35(40)37(4)16-14-27-8-6-5-7-9-27/h5-13,18-20,30,33,36H,14-17,21-23H2,1-4H3/t30?,33-/m1/s1. The largest absolute Gasteiger partial charge is 0.493 e. The first-order valence-corrected chi connectivity index (χ1v) is 14.6. The number of aryl methyl sites for hydroxylation is 2. The Bertz CT molecular complexity index is 1390. The van der Waals surface area contributed by atoms with E-state index < -0.39 is 0 Å². The fourth-order valence-electron chi connectivity index (χ4n) is 6.05. The van der Waals surface area contributed by atoms with E-state index in [1.54, 1.807) is 6.92 Å². The predicted octanol–water partition coefficient (Wildman–Crippen LogP) is 4.97. The van der Waals surface area contributed by atoms with Crippen LogP contribution < -0.4 is 10.1 Å². The number of piperazine rings is 1. The number of rotatable bonds is 9. The van der Waals surface area contributed by atoms with Crippen LogP contribution in [0.2, 0.25) is 0 Å². The van der Waals surface area contributed by atoms with Gasteiger partial charge in [-0.15, -0.1) is 0 Å². The Morgan fingerprint density at radius 2 is 1.61 bits per heavy atom. The highest BCUT2D eigenvalue weighted by Crippen LogP contribution is 2.34. The Hall–Kier alpha value is -3.90. The molecule has 0 saturated carbocycles. The molecule has 2 heterocycles. The van der Waals surface area contributed by atoms with Gasteiger partial charge in [-0.05, 0) is 72.2 Å². The lowest BCUT2D eigenvalue weighted by atomic mass is 9.82. The summed E-state index contributed by atoms with van der Waals surface area (Å²) < 4.78 is 6.03. The Kier molecular flexibility index (Phi) is 8.89. The Labute approximate surface area is 244 Å². The third-order valence-corrected chi connectivity index (χ3v) is 8.16. The number of nitrogens with zero attached hydrogens (tertiary/aromatic N) is 2. The third-order valence-electron chi connectivity index (χ3n) is 8.16. The molecule has 2 aliphatic heterocycles. The number of amides is 2. The van der Waals surface area contributed by atoms with Gasteiger partial charge in [0, 0.05) is 51.6 Å². The molecule has 0 aliphatic carbocycles. The van der Waals surface area contributed by atoms with Gasteiger partial charge in [-0.1, -0.05) is 60.7 Å². The monoisotopic (exact) mass is 551 g/mol. The maximum absolute atomic E-state index is 14.0. The maximum Gasteiger partial charge on any atom is 0.251 e. The zero-order valence-electron chi connectivity index (χ0n) is 24.7. The zero-order chi connectivity index (χ0) is 28.9. The molecule has 2 bridgehead atoms. The van der Waals surface area contributed by atoms with Gasteiger partial charge >= 0.3 is 0 Å². The summed E-state index contributed by atoms with van der Waals surface area (Å²) in [5.74, 6) is 0.995. The van der Waals surface area contributed by atoms with Gasteiger partial charge in [-0.25, -0.2) is 0 Å². The van der Waals surface area contributed by atoms with Crippen molar-refractivity contribution in [2.75, 3.05) is 33.3 Å². The number of carbonyl (C=O) groups is 2. The molecule has 0 aromatic heterocycles. The van der Waals surface area contributed by atoms with Crippen LogP contribution in [0.4, 0.5) is 0 Å². The highest BCUT2D eigenvalue weighted by atomic mass is 16.5. The molecule has 2 amide bonds. The molecule has 1 saturated heterocycles. The van der Waals surface area contributed by atoms with Gasteiger partial charge in [0.1, 0.15) is 5.75 Å². The van der Waals surface area contributed by atoms with E-state index >= 15 is 0 Å². The van der Waals surface area contributed by atoms with Crippen molar-refractivity contribution in [1.29, 1.82) is 0 Å². The van der Waals surface area contributed by atoms with Crippen molar-refractivity contribution in [1.82, 2.24) is 15.1 Å². The summed E-state index contributed by atoms with van der Waals surface area (Å²) in [4.78, 5) is 30.0. The summed E-state index contributed by atoms with van der Waals surface area (Å²) in [6.45, 7) is 8.19. The minimum Gasteiger partial charge on any atom is -0.493 e. The fourth-order valence-corrected chi connectivity index (χ4v) is 6.05. The molecular weight excluding hydrogens is 510 g/mol. The van der Waals surface area contributed by atoms with Gasteiger partial charge in [-0.3, -0.25) is 9.59 Å². The van der Waals surface area contributed by atoms with E-state index in [-0.39, 0.29) is 23.9 Å². The van der Waals surface area contributed by atoms with Crippen molar-refractivity contribution in [3.05, 3.63) is 106 Å². The van der Waals surface area contributed by atoms with Crippen LogP contribution in [0.15, 0.2) is 78.4 Å². The van der Waals surface area contributed by atoms with E-state index in [1.165, 1.54) is 22.3 Å². The number of hydrogen-bond acceptors (Lipinski definition) is 4. The Morgan fingerprint density at radius 1 is 0.927 bits per heavy atom. The van der Waals surface area contributed by atoms with E-state index in [0.29, 0.717) is 32.7 Å². The topological polar surface area (TPSA) is 61.9 Å². The van der Waals surface area contributed by atoms with Crippen LogP contribution in [0.25, 0.3) is 5.57 Å². The number of likely N-dealkylation sites (N-methyl/N-ethyl adjacent to an activating group) is 1. The van der Waals surface area contributed by atoms with Crippen LogP contribution in [0.5, 0.6) is 5.75 Å². The average molecular weight is 552 g/mol. The van der Waals surface area contributed by atoms with Gasteiger partial charge in [0.05, 0.1) is 12.6 Å². The molecule has 6 nitrogen and oxygen atoms in total. The van der Waals surface area contributed by atoms with Crippen molar-refractivity contribution in [3.63, 3.8) is 0 Å². The third kappa shape index (κ3) is 7.06. The van der Waals surface area contributed by atoms with Gasteiger partial charge in [0.15, 0.2) is 0 Å². The lowest BCUT2D eigenvalue weighted by molar-refractivity contribution is -0.132. The number of carbonyl (C=O) groups excluding carboxylic acids is 2. The van der Waals surface area contributed by atoms with Crippen LogP contribution in [0, 0.1) is 13.8 Å². The molecule has 214 valence electrons. The number of fused-ring (bicyclic) bond motifs is 2. The lowest BCUT2D eigenvalue weighted by Crippen LogP contribution is -2.61. The summed E-state index contributed by atoms with van der Waals surface area (Å²) in [6.07, 6.45) is 2.31. The van der Waals surface area contributed by atoms with E-state index in [4.69, 9.17) is 4.74 Å². The molecule has 6 heteroatoms. The second-order valence-corrected chi connectivity index (χ2v) is 11.5. The minimum atomic E-state index is -0.182. The molecule has 5 rings (SSSR count). The first-order valence-electron chi connectivity index (χ1n) is 14.6. The molecule has 3 aromatic rings. The second kappa shape index (κ2) is 12.7. The fraction of sp³-hybridized carbons (Fsp3) is 0.371. The summed E-state index contributed by atoms with van der Waals surface area (Å²) in [6, 6.07) is 25.1.